The Morgan fingerprint density at radius 2 is 1.77 bits per heavy atom. The molecule has 0 unspecified atom stereocenters. The first kappa shape index (κ1) is 19.3. The summed E-state index contributed by atoms with van der Waals surface area (Å²) < 4.78 is 21.4. The molecule has 0 atom stereocenters. The van der Waals surface area contributed by atoms with Gasteiger partial charge < -0.3 is 14.6 Å². The Kier molecular flexibility index (Phi) is 5.52. The van der Waals surface area contributed by atoms with Crippen molar-refractivity contribution in [2.45, 2.75) is 13.3 Å². The predicted octanol–water partition coefficient (Wildman–Crippen LogP) is 4.69. The molecule has 0 bridgehead atoms. The topological polar surface area (TPSA) is 69.0 Å². The van der Waals surface area contributed by atoms with Crippen molar-refractivity contribution in [1.29, 1.82) is 0 Å². The average Bonchev–Trinajstić information content (AvgIpc) is 3.26. The van der Waals surface area contributed by atoms with E-state index in [2.05, 4.69) is 15.3 Å². The maximum Gasteiger partial charge on any atom is 0.228 e. The molecule has 0 saturated carbocycles. The minimum atomic E-state index is -0.393. The molecule has 0 aliphatic heterocycles. The second-order valence-electron chi connectivity index (χ2n) is 6.64. The lowest BCUT2D eigenvalue weighted by Gasteiger charge is -2.10. The number of amides is 1. The number of hydrogen-bond acceptors (Lipinski definition) is 4. The SMILES string of the molecule is Cc1nc(Oc2ccc(NC(=O)Cc3ccccc3F)cc2)cc(-n2cccc2)n1. The summed E-state index contributed by atoms with van der Waals surface area (Å²) in [5.74, 6) is 1.60. The number of benzene rings is 2. The Morgan fingerprint density at radius 1 is 1.03 bits per heavy atom. The number of nitrogens with one attached hydrogen (secondary N) is 1. The highest BCUT2D eigenvalue weighted by Crippen LogP contribution is 2.23. The van der Waals surface area contributed by atoms with Crippen LogP contribution in [0.2, 0.25) is 0 Å². The number of aryl methyl sites for hydroxylation is 1. The number of rotatable bonds is 6. The number of nitrogens with zero attached hydrogens (tertiary/aromatic N) is 3. The highest BCUT2D eigenvalue weighted by Gasteiger charge is 2.09. The van der Waals surface area contributed by atoms with E-state index in [9.17, 15) is 9.18 Å². The van der Waals surface area contributed by atoms with Crippen molar-refractivity contribution in [2.24, 2.45) is 0 Å². The Bertz CT molecular complexity index is 1160. The van der Waals surface area contributed by atoms with Crippen molar-refractivity contribution < 1.29 is 13.9 Å². The van der Waals surface area contributed by atoms with Crippen LogP contribution in [-0.4, -0.2) is 20.4 Å². The summed E-state index contributed by atoms with van der Waals surface area (Å²) in [4.78, 5) is 20.9. The molecular formula is C23H19FN4O2. The number of halogens is 1. The number of carbonyl (C=O) groups excluding carboxylic acids is 1. The number of ether oxygens (including phenoxy) is 1. The van der Waals surface area contributed by atoms with Gasteiger partial charge in [0.15, 0.2) is 0 Å². The zero-order valence-corrected chi connectivity index (χ0v) is 16.2. The first-order valence-electron chi connectivity index (χ1n) is 9.37. The molecule has 0 aliphatic carbocycles. The molecule has 1 N–H and O–H groups in total. The second-order valence-corrected chi connectivity index (χ2v) is 6.64. The molecule has 0 aliphatic rings. The summed E-state index contributed by atoms with van der Waals surface area (Å²) >= 11 is 0. The normalized spacial score (nSPS) is 10.6. The molecule has 2 aromatic heterocycles. The maximum atomic E-state index is 13.7. The first-order valence-corrected chi connectivity index (χ1v) is 9.37. The van der Waals surface area contributed by atoms with Crippen molar-refractivity contribution >= 4 is 11.6 Å². The molecule has 4 aromatic rings. The van der Waals surface area contributed by atoms with Crippen LogP contribution in [0.3, 0.4) is 0 Å². The lowest BCUT2D eigenvalue weighted by molar-refractivity contribution is -0.115. The van der Waals surface area contributed by atoms with Gasteiger partial charge in [0.25, 0.3) is 0 Å². The van der Waals surface area contributed by atoms with E-state index in [1.54, 1.807) is 55.5 Å². The van der Waals surface area contributed by atoms with E-state index < -0.39 is 5.82 Å². The van der Waals surface area contributed by atoms with Gasteiger partial charge >= 0.3 is 0 Å². The number of anilines is 1. The van der Waals surface area contributed by atoms with Crippen molar-refractivity contribution in [1.82, 2.24) is 14.5 Å². The summed E-state index contributed by atoms with van der Waals surface area (Å²) in [7, 11) is 0. The Labute approximate surface area is 173 Å². The quantitative estimate of drug-likeness (QED) is 0.508. The summed E-state index contributed by atoms with van der Waals surface area (Å²) in [6.07, 6.45) is 3.75. The highest BCUT2D eigenvalue weighted by molar-refractivity contribution is 5.92. The minimum absolute atomic E-state index is 0.0344. The van der Waals surface area contributed by atoms with Crippen LogP contribution in [0.1, 0.15) is 11.4 Å². The molecule has 30 heavy (non-hydrogen) atoms. The van der Waals surface area contributed by atoms with E-state index in [1.165, 1.54) is 6.07 Å². The third kappa shape index (κ3) is 4.70. The van der Waals surface area contributed by atoms with E-state index in [0.717, 1.165) is 0 Å². The molecule has 150 valence electrons. The third-order valence-corrected chi connectivity index (χ3v) is 4.34. The molecule has 2 aromatic carbocycles. The summed E-state index contributed by atoms with van der Waals surface area (Å²) in [6.45, 7) is 1.80. The van der Waals surface area contributed by atoms with Gasteiger partial charge in [0.05, 0.1) is 6.42 Å². The van der Waals surface area contributed by atoms with Crippen LogP contribution in [0, 0.1) is 12.7 Å². The zero-order chi connectivity index (χ0) is 20.9. The predicted molar refractivity (Wildman–Crippen MR) is 111 cm³/mol. The molecule has 0 spiro atoms. The lowest BCUT2D eigenvalue weighted by Crippen LogP contribution is -2.15. The van der Waals surface area contributed by atoms with E-state index in [-0.39, 0.29) is 12.3 Å². The number of aromatic nitrogens is 3. The van der Waals surface area contributed by atoms with Gasteiger partial charge in [-0.25, -0.2) is 9.37 Å². The van der Waals surface area contributed by atoms with Gasteiger partial charge in [-0.15, -0.1) is 0 Å². The molecule has 6 nitrogen and oxygen atoms in total. The van der Waals surface area contributed by atoms with Crippen LogP contribution in [0.15, 0.2) is 79.1 Å². The van der Waals surface area contributed by atoms with Crippen molar-refractivity contribution in [3.8, 4) is 17.4 Å². The largest absolute Gasteiger partial charge is 0.439 e. The van der Waals surface area contributed by atoms with Gasteiger partial charge in [-0.1, -0.05) is 18.2 Å². The molecule has 1 amide bonds. The zero-order valence-electron chi connectivity index (χ0n) is 16.2. The van der Waals surface area contributed by atoms with Crippen LogP contribution >= 0.6 is 0 Å². The van der Waals surface area contributed by atoms with E-state index in [1.807, 2.05) is 29.1 Å². The van der Waals surface area contributed by atoms with Crippen LogP contribution in [0.5, 0.6) is 11.6 Å². The molecule has 7 heteroatoms. The fraction of sp³-hybridized carbons (Fsp3) is 0.0870. The van der Waals surface area contributed by atoms with Crippen LogP contribution < -0.4 is 10.1 Å². The van der Waals surface area contributed by atoms with Crippen molar-refractivity contribution in [3.63, 3.8) is 0 Å². The van der Waals surface area contributed by atoms with E-state index in [0.29, 0.717) is 34.5 Å². The third-order valence-electron chi connectivity index (χ3n) is 4.34. The fourth-order valence-electron chi connectivity index (χ4n) is 2.94. The van der Waals surface area contributed by atoms with Crippen LogP contribution in [0.4, 0.5) is 10.1 Å². The Balaban J connectivity index is 1.42. The molecule has 0 radical (unpaired) electrons. The molecule has 0 fully saturated rings. The van der Waals surface area contributed by atoms with Gasteiger partial charge in [-0.3, -0.25) is 4.79 Å². The molecule has 0 saturated heterocycles. The van der Waals surface area contributed by atoms with Crippen LogP contribution in [-0.2, 0) is 11.2 Å². The summed E-state index contributed by atoms with van der Waals surface area (Å²) in [5, 5.41) is 2.76. The average molecular weight is 402 g/mol. The lowest BCUT2D eigenvalue weighted by atomic mass is 10.1. The Morgan fingerprint density at radius 3 is 2.50 bits per heavy atom. The van der Waals surface area contributed by atoms with Crippen molar-refractivity contribution in [2.75, 3.05) is 5.32 Å². The van der Waals surface area contributed by atoms with Gasteiger partial charge in [0, 0.05) is 24.1 Å². The number of carbonyl (C=O) groups is 1. The molecular weight excluding hydrogens is 383 g/mol. The fourth-order valence-corrected chi connectivity index (χ4v) is 2.94. The highest BCUT2D eigenvalue weighted by atomic mass is 19.1. The first-order chi connectivity index (χ1) is 14.6. The standard InChI is InChI=1S/C23H19FN4O2/c1-16-25-21(28-12-4-5-13-28)15-23(26-16)30-19-10-8-18(9-11-19)27-22(29)14-17-6-2-3-7-20(17)24/h2-13,15H,14H2,1H3,(H,27,29). The van der Waals surface area contributed by atoms with E-state index in [4.69, 9.17) is 4.74 Å². The smallest absolute Gasteiger partial charge is 0.228 e. The summed E-state index contributed by atoms with van der Waals surface area (Å²) in [5.41, 5.74) is 0.947. The Hall–Kier alpha value is -4.00. The van der Waals surface area contributed by atoms with E-state index >= 15 is 0 Å². The van der Waals surface area contributed by atoms with Gasteiger partial charge in [-0.05, 0) is 55.0 Å². The van der Waals surface area contributed by atoms with Gasteiger partial charge in [0.1, 0.15) is 23.2 Å². The number of hydrogen-bond donors (Lipinski definition) is 1. The van der Waals surface area contributed by atoms with Crippen LogP contribution in [0.25, 0.3) is 5.82 Å². The second kappa shape index (κ2) is 8.57. The molecule has 2 heterocycles. The summed E-state index contributed by atoms with van der Waals surface area (Å²) in [6, 6.07) is 18.7. The maximum absolute atomic E-state index is 13.7. The molecule has 4 rings (SSSR count). The van der Waals surface area contributed by atoms with Gasteiger partial charge in [0.2, 0.25) is 11.8 Å². The monoisotopic (exact) mass is 402 g/mol. The minimum Gasteiger partial charge on any atom is -0.439 e. The van der Waals surface area contributed by atoms with Crippen molar-refractivity contribution in [3.05, 3.63) is 96.3 Å². The van der Waals surface area contributed by atoms with Gasteiger partial charge in [-0.2, -0.15) is 4.98 Å².